The molecule has 34 heavy (non-hydrogen) atoms. The Kier molecular flexibility index (Phi) is 7.95. The van der Waals surface area contributed by atoms with Crippen molar-refractivity contribution in [2.24, 2.45) is 0 Å². The highest BCUT2D eigenvalue weighted by molar-refractivity contribution is 5.91. The van der Waals surface area contributed by atoms with E-state index in [1.165, 1.54) is 0 Å². The molecule has 6 heteroatoms. The van der Waals surface area contributed by atoms with Crippen molar-refractivity contribution in [1.29, 1.82) is 0 Å². The van der Waals surface area contributed by atoms with Crippen LogP contribution in [0.3, 0.4) is 0 Å². The predicted octanol–water partition coefficient (Wildman–Crippen LogP) is 4.89. The van der Waals surface area contributed by atoms with Crippen LogP contribution < -0.4 is 14.8 Å². The zero-order chi connectivity index (χ0) is 23.6. The Labute approximate surface area is 199 Å². The lowest BCUT2D eigenvalue weighted by Crippen LogP contribution is -2.24. The molecule has 0 spiro atoms. The monoisotopic (exact) mass is 455 g/mol. The van der Waals surface area contributed by atoms with Crippen molar-refractivity contribution in [3.63, 3.8) is 0 Å². The second kappa shape index (κ2) is 11.7. The summed E-state index contributed by atoms with van der Waals surface area (Å²) in [6.45, 7) is 1.85. The molecule has 1 N–H and O–H groups in total. The third-order valence-corrected chi connectivity index (χ3v) is 5.46. The van der Waals surface area contributed by atoms with Crippen molar-refractivity contribution < 1.29 is 14.3 Å². The number of aromatic nitrogens is 2. The van der Waals surface area contributed by atoms with E-state index in [1.807, 2.05) is 78.9 Å². The second-order valence-electron chi connectivity index (χ2n) is 7.81. The zero-order valence-corrected chi connectivity index (χ0v) is 19.3. The van der Waals surface area contributed by atoms with Gasteiger partial charge in [-0.2, -0.15) is 0 Å². The van der Waals surface area contributed by atoms with Crippen LogP contribution in [0.5, 0.6) is 11.5 Å². The Morgan fingerprint density at radius 1 is 0.971 bits per heavy atom. The van der Waals surface area contributed by atoms with Crippen molar-refractivity contribution in [3.05, 3.63) is 96.3 Å². The minimum absolute atomic E-state index is 0.114. The largest absolute Gasteiger partial charge is 0.493 e. The van der Waals surface area contributed by atoms with Gasteiger partial charge in [0.1, 0.15) is 5.82 Å². The van der Waals surface area contributed by atoms with Gasteiger partial charge in [-0.3, -0.25) is 4.79 Å². The standard InChI is InChI=1S/C28H29N3O3/c1-33-25-14-7-8-15-26(25)34-21-9-20-31-24-13-6-5-12-23(24)30-27(31)18-19-29-28(32)17-16-22-10-3-2-4-11-22/h2-8,10-17H,9,18-21H2,1H3,(H,29,32)/b17-16+. The van der Waals surface area contributed by atoms with Crippen molar-refractivity contribution in [2.45, 2.75) is 19.4 Å². The topological polar surface area (TPSA) is 65.4 Å². The smallest absolute Gasteiger partial charge is 0.244 e. The van der Waals surface area contributed by atoms with Crippen LogP contribution in [-0.2, 0) is 17.8 Å². The molecule has 0 bridgehead atoms. The number of carbonyl (C=O) groups excluding carboxylic acids is 1. The molecule has 0 aliphatic rings. The van der Waals surface area contributed by atoms with Gasteiger partial charge >= 0.3 is 0 Å². The summed E-state index contributed by atoms with van der Waals surface area (Å²) in [4.78, 5) is 17.0. The number of hydrogen-bond donors (Lipinski definition) is 1. The average molecular weight is 456 g/mol. The van der Waals surface area contributed by atoms with E-state index < -0.39 is 0 Å². The molecule has 3 aromatic carbocycles. The number of ether oxygens (including phenoxy) is 2. The van der Waals surface area contributed by atoms with Crippen LogP contribution in [0.15, 0.2) is 84.9 Å². The lowest BCUT2D eigenvalue weighted by Gasteiger charge is -2.12. The van der Waals surface area contributed by atoms with Gasteiger partial charge in [-0.15, -0.1) is 0 Å². The van der Waals surface area contributed by atoms with Crippen molar-refractivity contribution in [1.82, 2.24) is 14.9 Å². The Morgan fingerprint density at radius 3 is 2.53 bits per heavy atom. The van der Waals surface area contributed by atoms with E-state index in [0.717, 1.165) is 46.9 Å². The lowest BCUT2D eigenvalue weighted by molar-refractivity contribution is -0.116. The first-order valence-electron chi connectivity index (χ1n) is 11.5. The molecule has 6 nitrogen and oxygen atoms in total. The number of aryl methyl sites for hydroxylation is 1. The third-order valence-electron chi connectivity index (χ3n) is 5.46. The highest BCUT2D eigenvalue weighted by Crippen LogP contribution is 2.26. The van der Waals surface area contributed by atoms with E-state index in [9.17, 15) is 4.79 Å². The normalized spacial score (nSPS) is 11.1. The molecule has 0 fully saturated rings. The summed E-state index contributed by atoms with van der Waals surface area (Å²) in [5, 5.41) is 2.96. The van der Waals surface area contributed by atoms with Gasteiger partial charge in [-0.05, 0) is 42.3 Å². The molecular formula is C28H29N3O3. The minimum Gasteiger partial charge on any atom is -0.493 e. The van der Waals surface area contributed by atoms with E-state index in [0.29, 0.717) is 19.6 Å². The van der Waals surface area contributed by atoms with E-state index in [1.54, 1.807) is 13.2 Å². The molecule has 1 heterocycles. The number of carbonyl (C=O) groups is 1. The molecule has 0 unspecified atom stereocenters. The van der Waals surface area contributed by atoms with Gasteiger partial charge in [0.2, 0.25) is 5.91 Å². The average Bonchev–Trinajstić information content (AvgIpc) is 3.23. The number of hydrogen-bond acceptors (Lipinski definition) is 4. The second-order valence-corrected chi connectivity index (χ2v) is 7.81. The van der Waals surface area contributed by atoms with Crippen LogP contribution in [0.25, 0.3) is 17.1 Å². The van der Waals surface area contributed by atoms with Gasteiger partial charge in [-0.25, -0.2) is 4.98 Å². The quantitative estimate of drug-likeness (QED) is 0.258. The first kappa shape index (κ1) is 23.1. The highest BCUT2D eigenvalue weighted by Gasteiger charge is 2.11. The summed E-state index contributed by atoms with van der Waals surface area (Å²) in [7, 11) is 1.64. The molecule has 4 aromatic rings. The van der Waals surface area contributed by atoms with Crippen molar-refractivity contribution in [3.8, 4) is 11.5 Å². The Balaban J connectivity index is 1.34. The summed E-state index contributed by atoms with van der Waals surface area (Å²) < 4.78 is 13.5. The number of nitrogens with one attached hydrogen (secondary N) is 1. The molecule has 0 saturated carbocycles. The lowest BCUT2D eigenvalue weighted by atomic mass is 10.2. The number of methoxy groups -OCH3 is 1. The summed E-state index contributed by atoms with van der Waals surface area (Å²) in [5.74, 6) is 2.31. The molecule has 1 amide bonds. The maximum absolute atomic E-state index is 12.2. The Hall–Kier alpha value is -4.06. The predicted molar refractivity (Wildman–Crippen MR) is 135 cm³/mol. The van der Waals surface area contributed by atoms with E-state index in [4.69, 9.17) is 14.5 Å². The summed E-state index contributed by atoms with van der Waals surface area (Å²) in [6.07, 6.45) is 4.84. The number of para-hydroxylation sites is 4. The highest BCUT2D eigenvalue weighted by atomic mass is 16.5. The van der Waals surface area contributed by atoms with Crippen LogP contribution in [-0.4, -0.2) is 35.7 Å². The van der Waals surface area contributed by atoms with Gasteiger partial charge in [0, 0.05) is 25.6 Å². The number of imidazole rings is 1. The summed E-state index contributed by atoms with van der Waals surface area (Å²) >= 11 is 0. The molecule has 4 rings (SSSR count). The first-order chi connectivity index (χ1) is 16.7. The van der Waals surface area contributed by atoms with Gasteiger partial charge in [0.25, 0.3) is 0 Å². The molecule has 1 aromatic heterocycles. The molecule has 0 saturated heterocycles. The van der Waals surface area contributed by atoms with E-state index >= 15 is 0 Å². The van der Waals surface area contributed by atoms with Crippen LogP contribution in [0.4, 0.5) is 0 Å². The van der Waals surface area contributed by atoms with Crippen LogP contribution in [0.2, 0.25) is 0 Å². The third kappa shape index (κ3) is 6.04. The number of fused-ring (bicyclic) bond motifs is 1. The fraction of sp³-hybridized carbons (Fsp3) is 0.214. The van der Waals surface area contributed by atoms with Crippen LogP contribution in [0, 0.1) is 0 Å². The summed E-state index contributed by atoms with van der Waals surface area (Å²) in [5.41, 5.74) is 3.04. The number of rotatable bonds is 11. The van der Waals surface area contributed by atoms with E-state index in [2.05, 4.69) is 16.0 Å². The molecular weight excluding hydrogens is 426 g/mol. The van der Waals surface area contributed by atoms with Gasteiger partial charge < -0.3 is 19.4 Å². The maximum atomic E-state index is 12.2. The Bertz CT molecular complexity index is 1250. The first-order valence-corrected chi connectivity index (χ1v) is 11.5. The maximum Gasteiger partial charge on any atom is 0.244 e. The number of benzene rings is 3. The molecule has 0 atom stereocenters. The molecule has 174 valence electrons. The van der Waals surface area contributed by atoms with Crippen LogP contribution in [0.1, 0.15) is 17.8 Å². The molecule has 0 aliphatic carbocycles. The SMILES string of the molecule is COc1ccccc1OCCCn1c(CCNC(=O)/C=C/c2ccccc2)nc2ccccc21. The van der Waals surface area contributed by atoms with Crippen LogP contribution >= 0.6 is 0 Å². The fourth-order valence-corrected chi connectivity index (χ4v) is 3.80. The molecule has 0 aliphatic heterocycles. The van der Waals surface area contributed by atoms with Gasteiger partial charge in [-0.1, -0.05) is 54.6 Å². The molecule has 0 radical (unpaired) electrons. The van der Waals surface area contributed by atoms with E-state index in [-0.39, 0.29) is 5.91 Å². The zero-order valence-electron chi connectivity index (χ0n) is 19.3. The Morgan fingerprint density at radius 2 is 1.71 bits per heavy atom. The van der Waals surface area contributed by atoms with Gasteiger partial charge in [0.15, 0.2) is 11.5 Å². The summed E-state index contributed by atoms with van der Waals surface area (Å²) in [6, 6.07) is 25.5. The number of nitrogens with zero attached hydrogens (tertiary/aromatic N) is 2. The van der Waals surface area contributed by atoms with Crippen molar-refractivity contribution in [2.75, 3.05) is 20.3 Å². The van der Waals surface area contributed by atoms with Crippen molar-refractivity contribution >= 4 is 23.0 Å². The fourth-order valence-electron chi connectivity index (χ4n) is 3.80. The minimum atomic E-state index is -0.114. The van der Waals surface area contributed by atoms with Gasteiger partial charge in [0.05, 0.1) is 24.8 Å². The number of amides is 1.